The van der Waals surface area contributed by atoms with Crippen LogP contribution in [-0.4, -0.2) is 27.0 Å². The van der Waals surface area contributed by atoms with Gasteiger partial charge in [-0.15, -0.1) is 0 Å². The Hall–Kier alpha value is -1.95. The first kappa shape index (κ1) is 12.5. The van der Waals surface area contributed by atoms with Crippen molar-refractivity contribution in [3.8, 4) is 17.2 Å². The summed E-state index contributed by atoms with van der Waals surface area (Å²) in [4.78, 5) is 11.2. The lowest BCUT2D eigenvalue weighted by atomic mass is 10.0. The van der Waals surface area contributed by atoms with Gasteiger partial charge in [0.2, 0.25) is 12.5 Å². The lowest BCUT2D eigenvalue weighted by Crippen LogP contribution is -2.16. The van der Waals surface area contributed by atoms with Gasteiger partial charge in [0.15, 0.2) is 11.5 Å². The molecule has 0 amide bonds. The SMILES string of the molecule is COC(=O)C[C@@H](N)c1cc(OC)c2c(c1)OCO2. The van der Waals surface area contributed by atoms with Gasteiger partial charge in [0.1, 0.15) is 0 Å². The molecule has 0 spiro atoms. The number of ether oxygens (including phenoxy) is 4. The van der Waals surface area contributed by atoms with Gasteiger partial charge in [0, 0.05) is 6.04 Å². The molecule has 1 aromatic carbocycles. The summed E-state index contributed by atoms with van der Waals surface area (Å²) in [7, 11) is 2.86. The molecule has 0 saturated carbocycles. The second-order valence-corrected chi connectivity index (χ2v) is 3.84. The molecule has 0 aliphatic carbocycles. The van der Waals surface area contributed by atoms with Crippen molar-refractivity contribution < 1.29 is 23.7 Å². The van der Waals surface area contributed by atoms with Crippen molar-refractivity contribution in [2.75, 3.05) is 21.0 Å². The number of nitrogens with two attached hydrogens (primary N) is 1. The molecule has 2 N–H and O–H groups in total. The van der Waals surface area contributed by atoms with E-state index in [4.69, 9.17) is 19.9 Å². The molecule has 0 fully saturated rings. The fourth-order valence-corrected chi connectivity index (χ4v) is 1.74. The minimum Gasteiger partial charge on any atom is -0.493 e. The first-order chi connectivity index (χ1) is 8.65. The standard InChI is InChI=1S/C12H15NO5/c1-15-9-3-7(8(13)5-11(14)16-2)4-10-12(9)18-6-17-10/h3-4,8H,5-6,13H2,1-2H3/t8-/m1/s1. The topological polar surface area (TPSA) is 80.0 Å². The lowest BCUT2D eigenvalue weighted by Gasteiger charge is -2.13. The zero-order chi connectivity index (χ0) is 13.1. The molecular weight excluding hydrogens is 238 g/mol. The molecule has 6 heteroatoms. The summed E-state index contributed by atoms with van der Waals surface area (Å²) in [5, 5.41) is 0. The van der Waals surface area contributed by atoms with Gasteiger partial charge in [-0.25, -0.2) is 0 Å². The van der Waals surface area contributed by atoms with E-state index in [1.165, 1.54) is 14.2 Å². The summed E-state index contributed by atoms with van der Waals surface area (Å²) in [6.07, 6.45) is 0.0965. The first-order valence-corrected chi connectivity index (χ1v) is 5.45. The van der Waals surface area contributed by atoms with E-state index < -0.39 is 6.04 Å². The molecule has 1 aromatic rings. The van der Waals surface area contributed by atoms with E-state index in [1.54, 1.807) is 12.1 Å². The highest BCUT2D eigenvalue weighted by Crippen LogP contribution is 2.43. The van der Waals surface area contributed by atoms with Crippen LogP contribution in [0.1, 0.15) is 18.0 Å². The third-order valence-corrected chi connectivity index (χ3v) is 2.72. The molecule has 0 saturated heterocycles. The van der Waals surface area contributed by atoms with Gasteiger partial charge >= 0.3 is 5.97 Å². The highest BCUT2D eigenvalue weighted by atomic mass is 16.7. The van der Waals surface area contributed by atoms with Gasteiger partial charge in [-0.05, 0) is 17.7 Å². The summed E-state index contributed by atoms with van der Waals surface area (Å²) in [5.41, 5.74) is 6.67. The fraction of sp³-hybridized carbons (Fsp3) is 0.417. The van der Waals surface area contributed by atoms with Crippen LogP contribution in [0, 0.1) is 0 Å². The Kier molecular flexibility index (Phi) is 3.57. The van der Waals surface area contributed by atoms with Crippen LogP contribution in [-0.2, 0) is 9.53 Å². The van der Waals surface area contributed by atoms with Gasteiger partial charge in [0.05, 0.1) is 20.6 Å². The van der Waals surface area contributed by atoms with Crippen molar-refractivity contribution in [1.82, 2.24) is 0 Å². The monoisotopic (exact) mass is 253 g/mol. The van der Waals surface area contributed by atoms with E-state index in [0.29, 0.717) is 17.2 Å². The summed E-state index contributed by atoms with van der Waals surface area (Å²) in [6.45, 7) is 0.154. The second kappa shape index (κ2) is 5.14. The molecule has 98 valence electrons. The van der Waals surface area contributed by atoms with Crippen molar-refractivity contribution in [1.29, 1.82) is 0 Å². The number of benzene rings is 1. The Morgan fingerprint density at radius 1 is 1.44 bits per heavy atom. The van der Waals surface area contributed by atoms with Gasteiger partial charge in [-0.1, -0.05) is 0 Å². The first-order valence-electron chi connectivity index (χ1n) is 5.45. The van der Waals surface area contributed by atoms with E-state index in [0.717, 1.165) is 5.56 Å². The van der Waals surface area contributed by atoms with Crippen molar-refractivity contribution in [2.45, 2.75) is 12.5 Å². The van der Waals surface area contributed by atoms with Crippen LogP contribution < -0.4 is 19.9 Å². The van der Waals surface area contributed by atoms with Gasteiger partial charge < -0.3 is 24.7 Å². The maximum atomic E-state index is 11.2. The number of rotatable bonds is 4. The zero-order valence-corrected chi connectivity index (χ0v) is 10.3. The Morgan fingerprint density at radius 3 is 2.89 bits per heavy atom. The number of fused-ring (bicyclic) bond motifs is 1. The molecule has 0 bridgehead atoms. The van der Waals surface area contributed by atoms with E-state index in [1.807, 2.05) is 0 Å². The van der Waals surface area contributed by atoms with Crippen molar-refractivity contribution >= 4 is 5.97 Å². The van der Waals surface area contributed by atoms with Gasteiger partial charge in [-0.3, -0.25) is 4.79 Å². The molecule has 1 atom stereocenters. The minimum absolute atomic E-state index is 0.0965. The van der Waals surface area contributed by atoms with Crippen LogP contribution in [0.5, 0.6) is 17.2 Å². The van der Waals surface area contributed by atoms with E-state index in [-0.39, 0.29) is 19.2 Å². The predicted molar refractivity (Wildman–Crippen MR) is 62.7 cm³/mol. The van der Waals surface area contributed by atoms with E-state index in [9.17, 15) is 4.79 Å². The summed E-state index contributed by atoms with van der Waals surface area (Å²) >= 11 is 0. The Balaban J connectivity index is 2.26. The van der Waals surface area contributed by atoms with Crippen LogP contribution in [0.2, 0.25) is 0 Å². The molecule has 0 unspecified atom stereocenters. The van der Waals surface area contributed by atoms with Crippen LogP contribution in [0.15, 0.2) is 12.1 Å². The maximum Gasteiger partial charge on any atom is 0.307 e. The van der Waals surface area contributed by atoms with Gasteiger partial charge in [-0.2, -0.15) is 0 Å². The molecule has 2 rings (SSSR count). The average Bonchev–Trinajstić information content (AvgIpc) is 2.85. The summed E-state index contributed by atoms with van der Waals surface area (Å²) < 4.78 is 20.4. The smallest absolute Gasteiger partial charge is 0.307 e. The molecular formula is C12H15NO5. The Morgan fingerprint density at radius 2 is 2.22 bits per heavy atom. The number of hydrogen-bond acceptors (Lipinski definition) is 6. The molecule has 0 radical (unpaired) electrons. The molecule has 0 aromatic heterocycles. The highest BCUT2D eigenvalue weighted by Gasteiger charge is 2.22. The minimum atomic E-state index is -0.471. The Bertz CT molecular complexity index is 460. The molecule has 18 heavy (non-hydrogen) atoms. The molecule has 6 nitrogen and oxygen atoms in total. The summed E-state index contributed by atoms with van der Waals surface area (Å²) in [6, 6.07) is 3.01. The number of methoxy groups -OCH3 is 2. The number of carbonyl (C=O) groups excluding carboxylic acids is 1. The third kappa shape index (κ3) is 2.33. The molecule has 1 heterocycles. The molecule has 1 aliphatic rings. The number of esters is 1. The Labute approximate surface area is 105 Å². The average molecular weight is 253 g/mol. The van der Waals surface area contributed by atoms with Crippen LogP contribution in [0.25, 0.3) is 0 Å². The van der Waals surface area contributed by atoms with Crippen molar-refractivity contribution in [3.63, 3.8) is 0 Å². The predicted octanol–water partition coefficient (Wildman–Crippen LogP) is 0.987. The normalized spacial score (nSPS) is 14.2. The van der Waals surface area contributed by atoms with Crippen LogP contribution >= 0.6 is 0 Å². The molecule has 1 aliphatic heterocycles. The van der Waals surface area contributed by atoms with Crippen LogP contribution in [0.4, 0.5) is 0 Å². The zero-order valence-electron chi connectivity index (χ0n) is 10.3. The van der Waals surface area contributed by atoms with Crippen molar-refractivity contribution in [3.05, 3.63) is 17.7 Å². The lowest BCUT2D eigenvalue weighted by molar-refractivity contribution is -0.141. The second-order valence-electron chi connectivity index (χ2n) is 3.84. The highest BCUT2D eigenvalue weighted by molar-refractivity contribution is 5.70. The quantitative estimate of drug-likeness (QED) is 0.806. The third-order valence-electron chi connectivity index (χ3n) is 2.72. The number of carbonyl (C=O) groups is 1. The van der Waals surface area contributed by atoms with E-state index in [2.05, 4.69) is 4.74 Å². The largest absolute Gasteiger partial charge is 0.493 e. The van der Waals surface area contributed by atoms with Crippen LogP contribution in [0.3, 0.4) is 0 Å². The number of hydrogen-bond donors (Lipinski definition) is 1. The maximum absolute atomic E-state index is 11.2. The van der Waals surface area contributed by atoms with Crippen molar-refractivity contribution in [2.24, 2.45) is 5.73 Å². The van der Waals surface area contributed by atoms with E-state index >= 15 is 0 Å². The summed E-state index contributed by atoms with van der Waals surface area (Å²) in [5.74, 6) is 1.32. The van der Waals surface area contributed by atoms with Gasteiger partial charge in [0.25, 0.3) is 0 Å². The fourth-order valence-electron chi connectivity index (χ4n) is 1.74.